The van der Waals surface area contributed by atoms with Gasteiger partial charge in [-0.2, -0.15) is 0 Å². The van der Waals surface area contributed by atoms with Crippen molar-refractivity contribution >= 4 is 39.7 Å². The fraction of sp³-hybridized carbons (Fsp3) is 0.158. The maximum Gasteiger partial charge on any atom is 0.178 e. The Balaban J connectivity index is 1.80. The Kier molecular flexibility index (Phi) is 3.78. The van der Waals surface area contributed by atoms with Crippen molar-refractivity contribution in [3.63, 3.8) is 0 Å². The standard InChI is InChI=1S/C19H18N4S/c1-2-23-17-7-6-14-15(18(17)22-19(23)24)4-3-5-16(14)21-12-13-8-10-20-11-9-13/h3-11,21H,2,12H2,1H3,(H,22,24). The smallest absolute Gasteiger partial charge is 0.178 e. The first-order valence-corrected chi connectivity index (χ1v) is 8.46. The van der Waals surface area contributed by atoms with Crippen LogP contribution in [0.2, 0.25) is 0 Å². The van der Waals surface area contributed by atoms with E-state index in [9.17, 15) is 0 Å². The minimum atomic E-state index is 0.769. The molecule has 0 fully saturated rings. The van der Waals surface area contributed by atoms with E-state index in [1.54, 1.807) is 0 Å². The van der Waals surface area contributed by atoms with Gasteiger partial charge in [0.05, 0.1) is 11.0 Å². The van der Waals surface area contributed by atoms with Crippen LogP contribution in [0, 0.1) is 4.77 Å². The molecule has 0 aliphatic heterocycles. The first-order valence-electron chi connectivity index (χ1n) is 8.05. The molecule has 0 aliphatic carbocycles. The molecular weight excluding hydrogens is 316 g/mol. The Morgan fingerprint density at radius 3 is 2.71 bits per heavy atom. The maximum absolute atomic E-state index is 5.45. The molecule has 0 saturated carbocycles. The highest BCUT2D eigenvalue weighted by molar-refractivity contribution is 7.71. The van der Waals surface area contributed by atoms with Crippen molar-refractivity contribution in [3.8, 4) is 0 Å². The molecule has 0 unspecified atom stereocenters. The summed E-state index contributed by atoms with van der Waals surface area (Å²) in [5.74, 6) is 0. The van der Waals surface area contributed by atoms with Gasteiger partial charge in [-0.25, -0.2) is 0 Å². The van der Waals surface area contributed by atoms with Crippen molar-refractivity contribution in [2.45, 2.75) is 20.0 Å². The molecule has 4 rings (SSSR count). The predicted molar refractivity (Wildman–Crippen MR) is 102 cm³/mol. The van der Waals surface area contributed by atoms with Crippen LogP contribution in [-0.2, 0) is 13.1 Å². The highest BCUT2D eigenvalue weighted by atomic mass is 32.1. The first kappa shape index (κ1) is 14.9. The third-order valence-electron chi connectivity index (χ3n) is 4.36. The summed E-state index contributed by atoms with van der Waals surface area (Å²) in [6, 6.07) is 14.7. The van der Waals surface area contributed by atoms with Crippen LogP contribution < -0.4 is 5.32 Å². The Hall–Kier alpha value is -2.66. The molecule has 0 radical (unpaired) electrons. The lowest BCUT2D eigenvalue weighted by Crippen LogP contribution is -2.00. The van der Waals surface area contributed by atoms with Crippen LogP contribution in [0.1, 0.15) is 12.5 Å². The molecule has 2 heterocycles. The van der Waals surface area contributed by atoms with Gasteiger partial charge in [-0.3, -0.25) is 4.98 Å². The molecular formula is C19H18N4S. The van der Waals surface area contributed by atoms with Crippen molar-refractivity contribution in [2.24, 2.45) is 0 Å². The number of pyridine rings is 1. The largest absolute Gasteiger partial charge is 0.380 e. The number of hydrogen-bond acceptors (Lipinski definition) is 3. The Labute approximate surface area is 145 Å². The highest BCUT2D eigenvalue weighted by Crippen LogP contribution is 2.30. The Morgan fingerprint density at radius 2 is 1.92 bits per heavy atom. The monoisotopic (exact) mass is 334 g/mol. The second kappa shape index (κ2) is 6.09. The van der Waals surface area contributed by atoms with Gasteiger partial charge in [-0.1, -0.05) is 18.2 Å². The fourth-order valence-corrected chi connectivity index (χ4v) is 3.48. The lowest BCUT2D eigenvalue weighted by Gasteiger charge is -2.11. The molecule has 0 saturated heterocycles. The van der Waals surface area contributed by atoms with Gasteiger partial charge < -0.3 is 14.9 Å². The molecule has 2 N–H and O–H groups in total. The number of aromatic amines is 1. The molecule has 0 spiro atoms. The van der Waals surface area contributed by atoms with E-state index in [4.69, 9.17) is 12.2 Å². The second-order valence-electron chi connectivity index (χ2n) is 5.74. The van der Waals surface area contributed by atoms with E-state index in [0.717, 1.165) is 34.6 Å². The average Bonchev–Trinajstić information content (AvgIpc) is 2.96. The van der Waals surface area contributed by atoms with Gasteiger partial charge >= 0.3 is 0 Å². The summed E-state index contributed by atoms with van der Waals surface area (Å²) in [5.41, 5.74) is 4.59. The van der Waals surface area contributed by atoms with Crippen molar-refractivity contribution in [1.29, 1.82) is 0 Å². The van der Waals surface area contributed by atoms with Crippen LogP contribution in [0.25, 0.3) is 21.8 Å². The molecule has 0 atom stereocenters. The lowest BCUT2D eigenvalue weighted by molar-refractivity contribution is 0.774. The molecule has 4 aromatic rings. The average molecular weight is 334 g/mol. The Bertz CT molecular complexity index is 1060. The van der Waals surface area contributed by atoms with Crippen LogP contribution in [-0.4, -0.2) is 14.5 Å². The van der Waals surface area contributed by atoms with Crippen molar-refractivity contribution in [1.82, 2.24) is 14.5 Å². The maximum atomic E-state index is 5.45. The molecule has 24 heavy (non-hydrogen) atoms. The lowest BCUT2D eigenvalue weighted by atomic mass is 10.1. The Morgan fingerprint density at radius 1 is 1.08 bits per heavy atom. The number of fused-ring (bicyclic) bond motifs is 3. The quantitative estimate of drug-likeness (QED) is 0.523. The minimum Gasteiger partial charge on any atom is -0.380 e. The van der Waals surface area contributed by atoms with Gasteiger partial charge in [0.25, 0.3) is 0 Å². The number of nitrogens with one attached hydrogen (secondary N) is 2. The number of imidazole rings is 1. The highest BCUT2D eigenvalue weighted by Gasteiger charge is 2.09. The van der Waals surface area contributed by atoms with E-state index in [1.807, 2.05) is 24.5 Å². The zero-order chi connectivity index (χ0) is 16.5. The van der Waals surface area contributed by atoms with E-state index >= 15 is 0 Å². The van der Waals surface area contributed by atoms with E-state index in [0.29, 0.717) is 0 Å². The molecule has 0 amide bonds. The topological polar surface area (TPSA) is 45.6 Å². The number of anilines is 1. The zero-order valence-corrected chi connectivity index (χ0v) is 14.2. The number of rotatable bonds is 4. The van der Waals surface area contributed by atoms with Gasteiger partial charge in [-0.05, 0) is 49.0 Å². The summed E-state index contributed by atoms with van der Waals surface area (Å²) >= 11 is 5.45. The van der Waals surface area contributed by atoms with Gasteiger partial charge in [0, 0.05) is 41.9 Å². The van der Waals surface area contributed by atoms with Crippen LogP contribution >= 0.6 is 12.2 Å². The van der Waals surface area contributed by atoms with E-state index in [2.05, 4.69) is 57.1 Å². The first-order chi connectivity index (χ1) is 11.8. The number of aryl methyl sites for hydroxylation is 1. The molecule has 120 valence electrons. The van der Waals surface area contributed by atoms with Crippen LogP contribution in [0.4, 0.5) is 5.69 Å². The normalized spacial score (nSPS) is 11.2. The molecule has 2 aromatic carbocycles. The summed E-state index contributed by atoms with van der Waals surface area (Å²) in [6.45, 7) is 3.75. The van der Waals surface area contributed by atoms with Crippen molar-refractivity contribution in [3.05, 3.63) is 65.2 Å². The van der Waals surface area contributed by atoms with Crippen molar-refractivity contribution < 1.29 is 0 Å². The molecule has 0 aliphatic rings. The van der Waals surface area contributed by atoms with Gasteiger partial charge in [-0.15, -0.1) is 0 Å². The third kappa shape index (κ3) is 2.47. The molecule has 4 nitrogen and oxygen atoms in total. The molecule has 5 heteroatoms. The van der Waals surface area contributed by atoms with E-state index in [-0.39, 0.29) is 0 Å². The minimum absolute atomic E-state index is 0.769. The molecule has 0 bridgehead atoms. The SMILES string of the molecule is CCn1c(=S)[nH]c2c3cccc(NCc4ccncc4)c3ccc21. The number of benzene rings is 2. The summed E-state index contributed by atoms with van der Waals surface area (Å²) in [5, 5.41) is 5.91. The zero-order valence-electron chi connectivity index (χ0n) is 13.4. The summed E-state index contributed by atoms with van der Waals surface area (Å²) < 4.78 is 2.90. The van der Waals surface area contributed by atoms with Gasteiger partial charge in [0.1, 0.15) is 0 Å². The second-order valence-corrected chi connectivity index (χ2v) is 6.13. The van der Waals surface area contributed by atoms with Crippen LogP contribution in [0.3, 0.4) is 0 Å². The third-order valence-corrected chi connectivity index (χ3v) is 4.68. The number of H-pyrrole nitrogens is 1. The van der Waals surface area contributed by atoms with E-state index < -0.39 is 0 Å². The number of hydrogen-bond donors (Lipinski definition) is 2. The number of nitrogens with zero attached hydrogens (tertiary/aromatic N) is 2. The predicted octanol–water partition coefficient (Wildman–Crippen LogP) is 4.88. The van der Waals surface area contributed by atoms with Crippen LogP contribution in [0.15, 0.2) is 54.9 Å². The van der Waals surface area contributed by atoms with Crippen LogP contribution in [0.5, 0.6) is 0 Å². The van der Waals surface area contributed by atoms with E-state index in [1.165, 1.54) is 16.3 Å². The van der Waals surface area contributed by atoms with Gasteiger partial charge in [0.15, 0.2) is 4.77 Å². The summed E-state index contributed by atoms with van der Waals surface area (Å²) in [6.07, 6.45) is 3.63. The van der Waals surface area contributed by atoms with Gasteiger partial charge in [0.2, 0.25) is 0 Å². The fourth-order valence-electron chi connectivity index (χ4n) is 3.15. The van der Waals surface area contributed by atoms with Crippen molar-refractivity contribution in [2.75, 3.05) is 5.32 Å². The summed E-state index contributed by atoms with van der Waals surface area (Å²) in [4.78, 5) is 7.42. The number of aromatic nitrogens is 3. The molecule has 2 aromatic heterocycles. The summed E-state index contributed by atoms with van der Waals surface area (Å²) in [7, 11) is 0.